The SMILES string of the molecule is O=C1CC(c2noc(CNC(=O)CN3CCOC3=O)n2)CCN1. The van der Waals surface area contributed by atoms with Crippen LogP contribution in [-0.2, 0) is 20.9 Å². The summed E-state index contributed by atoms with van der Waals surface area (Å²) in [7, 11) is 0. The van der Waals surface area contributed by atoms with Crippen LogP contribution in [0.1, 0.15) is 30.5 Å². The van der Waals surface area contributed by atoms with Gasteiger partial charge >= 0.3 is 6.09 Å². The van der Waals surface area contributed by atoms with E-state index in [-0.39, 0.29) is 36.7 Å². The molecule has 2 fully saturated rings. The average molecular weight is 323 g/mol. The third-order valence-electron chi connectivity index (χ3n) is 3.71. The molecule has 23 heavy (non-hydrogen) atoms. The predicted octanol–water partition coefficient (Wildman–Crippen LogP) is -0.868. The minimum Gasteiger partial charge on any atom is -0.448 e. The Bertz CT molecular complexity index is 616. The maximum Gasteiger partial charge on any atom is 0.410 e. The lowest BCUT2D eigenvalue weighted by atomic mass is 9.97. The Labute approximate surface area is 131 Å². The summed E-state index contributed by atoms with van der Waals surface area (Å²) < 4.78 is 9.82. The number of cyclic esters (lactones) is 1. The standard InChI is InChI=1S/C13H17N5O5/c19-9-5-8(1-2-14-9)12-16-11(23-17-12)6-15-10(20)7-18-3-4-22-13(18)21/h8H,1-7H2,(H,14,19)(H,15,20). The van der Waals surface area contributed by atoms with Crippen molar-refractivity contribution in [3.8, 4) is 0 Å². The molecule has 0 radical (unpaired) electrons. The van der Waals surface area contributed by atoms with Crippen LogP contribution in [-0.4, -0.2) is 59.2 Å². The molecule has 2 saturated heterocycles. The van der Waals surface area contributed by atoms with Gasteiger partial charge in [-0.3, -0.25) is 14.5 Å². The summed E-state index contributed by atoms with van der Waals surface area (Å²) in [5.74, 6) is 0.325. The number of hydrogen-bond donors (Lipinski definition) is 2. The Morgan fingerprint density at radius 1 is 1.43 bits per heavy atom. The first-order valence-electron chi connectivity index (χ1n) is 7.39. The van der Waals surface area contributed by atoms with Gasteiger partial charge in [0.1, 0.15) is 13.2 Å². The van der Waals surface area contributed by atoms with Crippen molar-refractivity contribution in [2.75, 3.05) is 26.2 Å². The van der Waals surface area contributed by atoms with Crippen LogP contribution in [0.15, 0.2) is 4.52 Å². The number of aromatic nitrogens is 2. The van der Waals surface area contributed by atoms with E-state index in [2.05, 4.69) is 20.8 Å². The molecular formula is C13H17N5O5. The van der Waals surface area contributed by atoms with Crippen LogP contribution in [0, 0.1) is 0 Å². The van der Waals surface area contributed by atoms with Crippen LogP contribution in [0.25, 0.3) is 0 Å². The molecule has 3 rings (SSSR count). The number of hydrogen-bond acceptors (Lipinski definition) is 7. The number of rotatable bonds is 5. The second-order valence-electron chi connectivity index (χ2n) is 5.40. The van der Waals surface area contributed by atoms with Gasteiger partial charge in [0.05, 0.1) is 13.1 Å². The van der Waals surface area contributed by atoms with Gasteiger partial charge in [-0.05, 0) is 6.42 Å². The van der Waals surface area contributed by atoms with Gasteiger partial charge in [0, 0.05) is 18.9 Å². The van der Waals surface area contributed by atoms with Crippen molar-refractivity contribution in [3.05, 3.63) is 11.7 Å². The molecule has 1 aromatic heterocycles. The van der Waals surface area contributed by atoms with E-state index >= 15 is 0 Å². The molecule has 1 atom stereocenters. The van der Waals surface area contributed by atoms with Gasteiger partial charge in [0.25, 0.3) is 0 Å². The fraction of sp³-hybridized carbons (Fsp3) is 0.615. The Balaban J connectivity index is 1.48. The first kappa shape index (κ1) is 15.3. The minimum absolute atomic E-state index is 0.0293. The van der Waals surface area contributed by atoms with Crippen LogP contribution in [0.4, 0.5) is 4.79 Å². The van der Waals surface area contributed by atoms with Crippen LogP contribution in [0.5, 0.6) is 0 Å². The molecule has 10 heteroatoms. The first-order valence-corrected chi connectivity index (χ1v) is 7.39. The Morgan fingerprint density at radius 3 is 3.04 bits per heavy atom. The highest BCUT2D eigenvalue weighted by atomic mass is 16.6. The van der Waals surface area contributed by atoms with E-state index in [1.54, 1.807) is 0 Å². The molecule has 0 bridgehead atoms. The van der Waals surface area contributed by atoms with Gasteiger partial charge in [-0.1, -0.05) is 5.16 Å². The lowest BCUT2D eigenvalue weighted by Crippen LogP contribution is -2.37. The molecule has 2 aliphatic rings. The van der Waals surface area contributed by atoms with Gasteiger partial charge in [-0.25, -0.2) is 4.79 Å². The summed E-state index contributed by atoms with van der Waals surface area (Å²) in [6.07, 6.45) is 0.604. The van der Waals surface area contributed by atoms with Crippen molar-refractivity contribution in [2.45, 2.75) is 25.3 Å². The molecule has 3 heterocycles. The average Bonchev–Trinajstić information content (AvgIpc) is 3.15. The summed E-state index contributed by atoms with van der Waals surface area (Å²) >= 11 is 0. The van der Waals surface area contributed by atoms with Gasteiger partial charge in [-0.15, -0.1) is 0 Å². The number of amides is 3. The Morgan fingerprint density at radius 2 is 2.30 bits per heavy atom. The fourth-order valence-corrected chi connectivity index (χ4v) is 2.48. The first-order chi connectivity index (χ1) is 11.1. The third kappa shape index (κ3) is 3.76. The Hall–Kier alpha value is -2.65. The monoisotopic (exact) mass is 323 g/mol. The van der Waals surface area contributed by atoms with Crippen molar-refractivity contribution in [3.63, 3.8) is 0 Å². The van der Waals surface area contributed by atoms with E-state index in [9.17, 15) is 14.4 Å². The van der Waals surface area contributed by atoms with Gasteiger partial charge in [-0.2, -0.15) is 4.98 Å². The highest BCUT2D eigenvalue weighted by Crippen LogP contribution is 2.22. The quantitative estimate of drug-likeness (QED) is 0.721. The van der Waals surface area contributed by atoms with Crippen LogP contribution < -0.4 is 10.6 Å². The van der Waals surface area contributed by atoms with E-state index in [1.165, 1.54) is 4.90 Å². The largest absolute Gasteiger partial charge is 0.448 e. The zero-order valence-electron chi connectivity index (χ0n) is 12.4. The van der Waals surface area contributed by atoms with Gasteiger partial charge in [0.15, 0.2) is 5.82 Å². The molecule has 2 N–H and O–H groups in total. The van der Waals surface area contributed by atoms with Gasteiger partial charge in [0.2, 0.25) is 17.7 Å². The second kappa shape index (κ2) is 6.63. The molecule has 1 aromatic rings. The van der Waals surface area contributed by atoms with Crippen molar-refractivity contribution >= 4 is 17.9 Å². The summed E-state index contributed by atoms with van der Waals surface area (Å²) in [4.78, 5) is 39.9. The number of carbonyl (C=O) groups excluding carboxylic acids is 3. The molecule has 0 spiro atoms. The summed E-state index contributed by atoms with van der Waals surface area (Å²) in [5.41, 5.74) is 0. The topological polar surface area (TPSA) is 127 Å². The molecule has 124 valence electrons. The van der Waals surface area contributed by atoms with E-state index in [0.717, 1.165) is 6.42 Å². The molecular weight excluding hydrogens is 306 g/mol. The highest BCUT2D eigenvalue weighted by molar-refractivity contribution is 5.82. The van der Waals surface area contributed by atoms with E-state index in [0.29, 0.717) is 31.9 Å². The van der Waals surface area contributed by atoms with Crippen molar-refractivity contribution < 1.29 is 23.6 Å². The number of nitrogens with one attached hydrogen (secondary N) is 2. The smallest absolute Gasteiger partial charge is 0.410 e. The number of carbonyl (C=O) groups is 3. The van der Waals surface area contributed by atoms with E-state index in [4.69, 9.17) is 9.26 Å². The minimum atomic E-state index is -0.490. The molecule has 1 unspecified atom stereocenters. The fourth-order valence-electron chi connectivity index (χ4n) is 2.48. The zero-order chi connectivity index (χ0) is 16.2. The van der Waals surface area contributed by atoms with Crippen LogP contribution in [0.3, 0.4) is 0 Å². The molecule has 10 nitrogen and oxygen atoms in total. The van der Waals surface area contributed by atoms with E-state index in [1.807, 2.05) is 0 Å². The number of piperidine rings is 1. The molecule has 2 aliphatic heterocycles. The summed E-state index contributed by atoms with van der Waals surface area (Å²) in [5, 5.41) is 9.22. The van der Waals surface area contributed by atoms with Crippen LogP contribution in [0.2, 0.25) is 0 Å². The maximum atomic E-state index is 11.8. The zero-order valence-corrected chi connectivity index (χ0v) is 12.4. The normalized spacial score (nSPS) is 21.0. The molecule has 0 saturated carbocycles. The van der Waals surface area contributed by atoms with Crippen LogP contribution >= 0.6 is 0 Å². The summed E-state index contributed by atoms with van der Waals surface area (Å²) in [6.45, 7) is 1.31. The predicted molar refractivity (Wildman–Crippen MR) is 74.1 cm³/mol. The number of ether oxygens (including phenoxy) is 1. The molecule has 3 amide bonds. The molecule has 0 aliphatic carbocycles. The second-order valence-corrected chi connectivity index (χ2v) is 5.40. The van der Waals surface area contributed by atoms with E-state index < -0.39 is 6.09 Å². The maximum absolute atomic E-state index is 11.8. The lowest BCUT2D eigenvalue weighted by molar-refractivity contribution is -0.123. The highest BCUT2D eigenvalue weighted by Gasteiger charge is 2.26. The lowest BCUT2D eigenvalue weighted by Gasteiger charge is -2.18. The van der Waals surface area contributed by atoms with Crippen molar-refractivity contribution in [2.24, 2.45) is 0 Å². The number of nitrogens with zero attached hydrogens (tertiary/aromatic N) is 3. The third-order valence-corrected chi connectivity index (χ3v) is 3.71. The molecule has 0 aromatic carbocycles. The van der Waals surface area contributed by atoms with Crippen molar-refractivity contribution in [1.82, 2.24) is 25.7 Å². The Kier molecular flexibility index (Phi) is 4.40. The van der Waals surface area contributed by atoms with Gasteiger partial charge < -0.3 is 19.9 Å². The summed E-state index contributed by atoms with van der Waals surface area (Å²) in [6, 6.07) is 0. The van der Waals surface area contributed by atoms with Crippen molar-refractivity contribution in [1.29, 1.82) is 0 Å².